The van der Waals surface area contributed by atoms with Gasteiger partial charge in [0.05, 0.1) is 17.6 Å². The van der Waals surface area contributed by atoms with Crippen molar-refractivity contribution < 1.29 is 9.84 Å². The van der Waals surface area contributed by atoms with Gasteiger partial charge in [0.15, 0.2) is 0 Å². The van der Waals surface area contributed by atoms with Crippen molar-refractivity contribution in [3.8, 4) is 5.75 Å². The maximum atomic E-state index is 8.98. The van der Waals surface area contributed by atoms with Gasteiger partial charge in [-0.25, -0.2) is 0 Å². The first kappa shape index (κ1) is 12.1. The van der Waals surface area contributed by atoms with E-state index in [1.54, 1.807) is 6.20 Å². The third-order valence-corrected chi connectivity index (χ3v) is 2.94. The summed E-state index contributed by atoms with van der Waals surface area (Å²) in [6.45, 7) is 1.30. The summed E-state index contributed by atoms with van der Waals surface area (Å²) < 4.78 is 8.29. The van der Waals surface area contributed by atoms with Crippen LogP contribution in [-0.2, 0) is 13.2 Å². The maximum absolute atomic E-state index is 8.98. The van der Waals surface area contributed by atoms with Crippen LogP contribution in [-0.4, -0.2) is 21.5 Å². The lowest BCUT2D eigenvalue weighted by molar-refractivity contribution is 0.279. The zero-order chi connectivity index (χ0) is 12.1. The predicted octanol–water partition coefficient (Wildman–Crippen LogP) is 2.22. The Kier molecular flexibility index (Phi) is 4.17. The molecule has 90 valence electrons. The Bertz CT molecular complexity index is 471. The van der Waals surface area contributed by atoms with E-state index in [2.05, 4.69) is 21.0 Å². The number of hydrogen-bond donors (Lipinski definition) is 1. The van der Waals surface area contributed by atoms with Crippen LogP contribution < -0.4 is 4.74 Å². The van der Waals surface area contributed by atoms with E-state index in [0.717, 1.165) is 15.8 Å². The summed E-state index contributed by atoms with van der Waals surface area (Å²) in [6.07, 6.45) is 3.64. The standard InChI is InChI=1S/C12H13BrN2O2/c13-11-8-10(9-16)2-3-12(11)17-7-6-15-5-1-4-14-15/h1-5,8,16H,6-7,9H2. The normalized spacial score (nSPS) is 10.5. The second kappa shape index (κ2) is 5.84. The number of rotatable bonds is 5. The molecule has 0 bridgehead atoms. The van der Waals surface area contributed by atoms with Gasteiger partial charge >= 0.3 is 0 Å². The molecule has 0 aliphatic carbocycles. The van der Waals surface area contributed by atoms with Crippen LogP contribution in [0, 0.1) is 0 Å². The summed E-state index contributed by atoms with van der Waals surface area (Å²) in [5, 5.41) is 13.1. The van der Waals surface area contributed by atoms with E-state index in [1.165, 1.54) is 0 Å². The Morgan fingerprint density at radius 1 is 1.41 bits per heavy atom. The van der Waals surface area contributed by atoms with Gasteiger partial charge in [0, 0.05) is 12.4 Å². The molecule has 0 saturated heterocycles. The van der Waals surface area contributed by atoms with Crippen molar-refractivity contribution in [3.63, 3.8) is 0 Å². The van der Waals surface area contributed by atoms with Gasteiger partial charge in [-0.05, 0) is 39.7 Å². The highest BCUT2D eigenvalue weighted by molar-refractivity contribution is 9.10. The van der Waals surface area contributed by atoms with Crippen LogP contribution in [0.15, 0.2) is 41.1 Å². The summed E-state index contributed by atoms with van der Waals surface area (Å²) in [6, 6.07) is 7.42. The highest BCUT2D eigenvalue weighted by atomic mass is 79.9. The van der Waals surface area contributed by atoms with Crippen LogP contribution in [0.25, 0.3) is 0 Å². The number of benzene rings is 1. The second-order valence-corrected chi connectivity index (χ2v) is 4.39. The molecule has 2 rings (SSSR count). The van der Waals surface area contributed by atoms with E-state index >= 15 is 0 Å². The van der Waals surface area contributed by atoms with Crippen LogP contribution in [0.4, 0.5) is 0 Å². The van der Waals surface area contributed by atoms with Crippen molar-refractivity contribution in [2.45, 2.75) is 13.2 Å². The molecule has 0 fully saturated rings. The van der Waals surface area contributed by atoms with Crippen molar-refractivity contribution >= 4 is 15.9 Å². The van der Waals surface area contributed by atoms with Crippen molar-refractivity contribution in [1.29, 1.82) is 0 Å². The van der Waals surface area contributed by atoms with Crippen LogP contribution in [0.1, 0.15) is 5.56 Å². The SMILES string of the molecule is OCc1ccc(OCCn2cccn2)c(Br)c1. The molecule has 0 saturated carbocycles. The second-order valence-electron chi connectivity index (χ2n) is 3.54. The molecule has 0 aliphatic heterocycles. The molecule has 0 atom stereocenters. The molecule has 0 aliphatic rings. The highest BCUT2D eigenvalue weighted by Gasteiger charge is 2.02. The fraction of sp³-hybridized carbons (Fsp3) is 0.250. The number of halogens is 1. The van der Waals surface area contributed by atoms with Gasteiger partial charge in [0.1, 0.15) is 12.4 Å². The molecule has 17 heavy (non-hydrogen) atoms. The van der Waals surface area contributed by atoms with Gasteiger partial charge in [-0.2, -0.15) is 5.10 Å². The molecule has 1 heterocycles. The zero-order valence-corrected chi connectivity index (χ0v) is 10.8. The van der Waals surface area contributed by atoms with Crippen molar-refractivity contribution in [3.05, 3.63) is 46.7 Å². The summed E-state index contributed by atoms with van der Waals surface area (Å²) in [5.74, 6) is 0.773. The quantitative estimate of drug-likeness (QED) is 0.920. The van der Waals surface area contributed by atoms with Gasteiger partial charge in [0.2, 0.25) is 0 Å². The number of ether oxygens (including phenoxy) is 1. The smallest absolute Gasteiger partial charge is 0.133 e. The number of hydrogen-bond acceptors (Lipinski definition) is 3. The number of aliphatic hydroxyl groups excluding tert-OH is 1. The Morgan fingerprint density at radius 3 is 2.94 bits per heavy atom. The van der Waals surface area contributed by atoms with Gasteiger partial charge in [-0.1, -0.05) is 6.07 Å². The lowest BCUT2D eigenvalue weighted by Crippen LogP contribution is -2.08. The third-order valence-electron chi connectivity index (χ3n) is 2.32. The Morgan fingerprint density at radius 2 is 2.29 bits per heavy atom. The molecule has 0 amide bonds. The van der Waals surface area contributed by atoms with Crippen LogP contribution in [0.2, 0.25) is 0 Å². The average Bonchev–Trinajstić information content (AvgIpc) is 2.84. The third kappa shape index (κ3) is 3.31. The lowest BCUT2D eigenvalue weighted by Gasteiger charge is -2.09. The Balaban J connectivity index is 1.90. The minimum absolute atomic E-state index is 0.0339. The molecule has 1 aromatic carbocycles. The minimum atomic E-state index is 0.0339. The first-order chi connectivity index (χ1) is 8.29. The predicted molar refractivity (Wildman–Crippen MR) is 67.8 cm³/mol. The molecule has 1 N–H and O–H groups in total. The molecule has 5 heteroatoms. The fourth-order valence-corrected chi connectivity index (χ4v) is 1.98. The Labute approximate surface area is 108 Å². The van der Waals surface area contributed by atoms with E-state index in [9.17, 15) is 0 Å². The molecule has 2 aromatic rings. The zero-order valence-electron chi connectivity index (χ0n) is 9.21. The monoisotopic (exact) mass is 296 g/mol. The van der Waals surface area contributed by atoms with Gasteiger partial charge in [0.25, 0.3) is 0 Å². The summed E-state index contributed by atoms with van der Waals surface area (Å²) in [5.41, 5.74) is 0.858. The maximum Gasteiger partial charge on any atom is 0.133 e. The minimum Gasteiger partial charge on any atom is -0.490 e. The molecule has 4 nitrogen and oxygen atoms in total. The molecular formula is C12H13BrN2O2. The summed E-state index contributed by atoms with van der Waals surface area (Å²) in [4.78, 5) is 0. The van der Waals surface area contributed by atoms with E-state index < -0.39 is 0 Å². The molecule has 0 spiro atoms. The van der Waals surface area contributed by atoms with Crippen molar-refractivity contribution in [2.24, 2.45) is 0 Å². The molecular weight excluding hydrogens is 284 g/mol. The molecule has 1 aromatic heterocycles. The van der Waals surface area contributed by atoms with E-state index in [4.69, 9.17) is 9.84 Å². The highest BCUT2D eigenvalue weighted by Crippen LogP contribution is 2.25. The fourth-order valence-electron chi connectivity index (χ4n) is 1.44. The topological polar surface area (TPSA) is 47.3 Å². The summed E-state index contributed by atoms with van der Waals surface area (Å²) >= 11 is 3.41. The van der Waals surface area contributed by atoms with Gasteiger partial charge < -0.3 is 9.84 Å². The number of aliphatic hydroxyl groups is 1. The van der Waals surface area contributed by atoms with E-state index in [1.807, 2.05) is 35.1 Å². The van der Waals surface area contributed by atoms with Gasteiger partial charge in [-0.3, -0.25) is 4.68 Å². The van der Waals surface area contributed by atoms with Crippen LogP contribution in [0.3, 0.4) is 0 Å². The lowest BCUT2D eigenvalue weighted by atomic mass is 10.2. The van der Waals surface area contributed by atoms with Crippen molar-refractivity contribution in [2.75, 3.05) is 6.61 Å². The molecule has 0 radical (unpaired) electrons. The van der Waals surface area contributed by atoms with E-state index in [0.29, 0.717) is 13.2 Å². The first-order valence-electron chi connectivity index (χ1n) is 5.29. The number of aromatic nitrogens is 2. The Hall–Kier alpha value is -1.33. The summed E-state index contributed by atoms with van der Waals surface area (Å²) in [7, 11) is 0. The largest absolute Gasteiger partial charge is 0.490 e. The van der Waals surface area contributed by atoms with Crippen molar-refractivity contribution in [1.82, 2.24) is 9.78 Å². The molecule has 0 unspecified atom stereocenters. The van der Waals surface area contributed by atoms with Gasteiger partial charge in [-0.15, -0.1) is 0 Å². The first-order valence-corrected chi connectivity index (χ1v) is 6.08. The van der Waals surface area contributed by atoms with E-state index in [-0.39, 0.29) is 6.61 Å². The van der Waals surface area contributed by atoms with Crippen LogP contribution in [0.5, 0.6) is 5.75 Å². The average molecular weight is 297 g/mol. The number of nitrogens with zero attached hydrogens (tertiary/aromatic N) is 2. The van der Waals surface area contributed by atoms with Crippen LogP contribution >= 0.6 is 15.9 Å².